The number of aryl methyl sites for hydroxylation is 2. The lowest BCUT2D eigenvalue weighted by atomic mass is 10.0. The van der Waals surface area contributed by atoms with Crippen LogP contribution in [0.15, 0.2) is 36.4 Å². The Balaban J connectivity index is 1.66. The van der Waals surface area contributed by atoms with Gasteiger partial charge in [-0.2, -0.15) is 0 Å². The van der Waals surface area contributed by atoms with Gasteiger partial charge in [-0.1, -0.05) is 12.1 Å². The number of fused-ring (bicyclic) bond motifs is 3. The highest BCUT2D eigenvalue weighted by Crippen LogP contribution is 2.37. The number of thiazole rings is 1. The number of halogens is 2. The van der Waals surface area contributed by atoms with Crippen LogP contribution < -0.4 is 11.1 Å². The summed E-state index contributed by atoms with van der Waals surface area (Å²) >= 11 is 1.50. The van der Waals surface area contributed by atoms with Crippen LogP contribution in [-0.2, 0) is 12.8 Å². The third kappa shape index (κ3) is 2.94. The van der Waals surface area contributed by atoms with E-state index in [2.05, 4.69) is 10.3 Å². The van der Waals surface area contributed by atoms with E-state index in [0.717, 1.165) is 53.1 Å². The maximum atomic E-state index is 13.8. The molecule has 132 valence electrons. The maximum Gasteiger partial charge on any atom is 0.261 e. The molecule has 7 heteroatoms. The number of nitrogens with one attached hydrogen (secondary N) is 1. The molecule has 1 heterocycles. The Labute approximate surface area is 152 Å². The summed E-state index contributed by atoms with van der Waals surface area (Å²) < 4.78 is 27.6. The molecule has 3 aromatic rings. The first-order valence-electron chi connectivity index (χ1n) is 8.17. The molecule has 0 spiro atoms. The molecular weight excluding hydrogens is 356 g/mol. The van der Waals surface area contributed by atoms with E-state index >= 15 is 0 Å². The average Bonchev–Trinajstić information content (AvgIpc) is 2.87. The molecule has 26 heavy (non-hydrogen) atoms. The zero-order valence-corrected chi connectivity index (χ0v) is 14.5. The average molecular weight is 371 g/mol. The van der Waals surface area contributed by atoms with E-state index in [-0.39, 0.29) is 0 Å². The molecule has 0 saturated carbocycles. The van der Waals surface area contributed by atoms with E-state index < -0.39 is 23.1 Å². The topological polar surface area (TPSA) is 68.0 Å². The van der Waals surface area contributed by atoms with Crippen LogP contribution in [0, 0.1) is 11.6 Å². The van der Waals surface area contributed by atoms with Crippen molar-refractivity contribution in [2.24, 2.45) is 0 Å². The van der Waals surface area contributed by atoms with Crippen molar-refractivity contribution in [3.8, 4) is 11.3 Å². The summed E-state index contributed by atoms with van der Waals surface area (Å²) in [4.78, 5) is 17.9. The fraction of sp³-hybridized carbons (Fsp3) is 0.158. The molecule has 0 unspecified atom stereocenters. The number of hydrogen-bond acceptors (Lipinski definition) is 4. The van der Waals surface area contributed by atoms with Crippen molar-refractivity contribution in [3.05, 3.63) is 64.0 Å². The zero-order chi connectivity index (χ0) is 18.3. The molecule has 2 aromatic carbocycles. The summed E-state index contributed by atoms with van der Waals surface area (Å²) in [7, 11) is 0. The van der Waals surface area contributed by atoms with Gasteiger partial charge in [0.15, 0.2) is 5.13 Å². The van der Waals surface area contributed by atoms with Crippen molar-refractivity contribution in [3.63, 3.8) is 0 Å². The number of carbonyl (C=O) groups is 1. The third-order valence-electron chi connectivity index (χ3n) is 4.37. The molecule has 1 amide bonds. The van der Waals surface area contributed by atoms with Crippen molar-refractivity contribution in [2.75, 3.05) is 11.1 Å². The van der Waals surface area contributed by atoms with Gasteiger partial charge in [0.05, 0.1) is 5.69 Å². The summed E-state index contributed by atoms with van der Waals surface area (Å²) in [5.41, 5.74) is 8.64. The first-order chi connectivity index (χ1) is 12.5. The van der Waals surface area contributed by atoms with E-state index in [0.29, 0.717) is 10.8 Å². The summed E-state index contributed by atoms with van der Waals surface area (Å²) in [6.45, 7) is 0. The minimum Gasteiger partial charge on any atom is -0.375 e. The van der Waals surface area contributed by atoms with Crippen molar-refractivity contribution in [2.45, 2.75) is 19.3 Å². The highest BCUT2D eigenvalue weighted by atomic mass is 32.1. The Morgan fingerprint density at radius 1 is 1.15 bits per heavy atom. The lowest BCUT2D eigenvalue weighted by molar-refractivity contribution is 0.101. The molecule has 0 fully saturated rings. The van der Waals surface area contributed by atoms with E-state index in [4.69, 9.17) is 5.73 Å². The van der Waals surface area contributed by atoms with Crippen LogP contribution in [0.1, 0.15) is 27.2 Å². The minimum atomic E-state index is -0.889. The van der Waals surface area contributed by atoms with Crippen molar-refractivity contribution in [1.29, 1.82) is 0 Å². The highest BCUT2D eigenvalue weighted by molar-refractivity contribution is 7.15. The quantitative estimate of drug-likeness (QED) is 0.701. The number of nitrogen functional groups attached to an aromatic ring is 1. The fourth-order valence-corrected chi connectivity index (χ4v) is 4.09. The standard InChI is InChI=1S/C19H15F2N3OS/c20-13-4-2-5-14(21)16(13)18(25)23-11-7-8-12-10(9-11)3-1-6-15-17(12)24-19(22)26-15/h2,4-5,7-9H,1,3,6H2,(H2,22,24)(H,23,25). The number of rotatable bonds is 2. The summed E-state index contributed by atoms with van der Waals surface area (Å²) in [5.74, 6) is -2.59. The van der Waals surface area contributed by atoms with Crippen molar-refractivity contribution < 1.29 is 13.6 Å². The largest absolute Gasteiger partial charge is 0.375 e. The first-order valence-corrected chi connectivity index (χ1v) is 8.98. The predicted molar refractivity (Wildman–Crippen MR) is 98.3 cm³/mol. The third-order valence-corrected chi connectivity index (χ3v) is 5.32. The van der Waals surface area contributed by atoms with E-state index in [1.165, 1.54) is 17.4 Å². The summed E-state index contributed by atoms with van der Waals surface area (Å²) in [6, 6.07) is 8.75. The molecule has 4 rings (SSSR count). The molecule has 3 N–H and O–H groups in total. The Bertz CT molecular complexity index is 996. The molecular formula is C19H15F2N3OS. The van der Waals surface area contributed by atoms with Crippen LogP contribution in [0.25, 0.3) is 11.3 Å². The molecule has 1 aromatic heterocycles. The molecule has 1 aliphatic rings. The molecule has 0 radical (unpaired) electrons. The second-order valence-corrected chi connectivity index (χ2v) is 7.22. The van der Waals surface area contributed by atoms with Crippen LogP contribution in [0.3, 0.4) is 0 Å². The van der Waals surface area contributed by atoms with E-state index in [1.807, 2.05) is 12.1 Å². The van der Waals surface area contributed by atoms with Gasteiger partial charge in [0.1, 0.15) is 17.2 Å². The molecule has 0 bridgehead atoms. The lowest BCUT2D eigenvalue weighted by Crippen LogP contribution is -2.16. The number of amides is 1. The van der Waals surface area contributed by atoms with Gasteiger partial charge in [-0.05, 0) is 49.1 Å². The Kier molecular flexibility index (Phi) is 4.16. The van der Waals surface area contributed by atoms with Crippen LogP contribution in [-0.4, -0.2) is 10.9 Å². The Hall–Kier alpha value is -2.80. The highest BCUT2D eigenvalue weighted by Gasteiger charge is 2.21. The fourth-order valence-electron chi connectivity index (χ4n) is 3.21. The second-order valence-electron chi connectivity index (χ2n) is 6.10. The molecule has 1 aliphatic carbocycles. The first kappa shape index (κ1) is 16.7. The number of hydrogen-bond donors (Lipinski definition) is 2. The van der Waals surface area contributed by atoms with Gasteiger partial charge in [-0.3, -0.25) is 4.79 Å². The van der Waals surface area contributed by atoms with Gasteiger partial charge in [-0.15, -0.1) is 11.3 Å². The number of aromatic nitrogens is 1. The van der Waals surface area contributed by atoms with Crippen molar-refractivity contribution >= 4 is 28.1 Å². The van der Waals surface area contributed by atoms with Crippen LogP contribution >= 0.6 is 11.3 Å². The van der Waals surface area contributed by atoms with Gasteiger partial charge in [-0.25, -0.2) is 13.8 Å². The Morgan fingerprint density at radius 3 is 2.69 bits per heavy atom. The van der Waals surface area contributed by atoms with Gasteiger partial charge in [0.25, 0.3) is 5.91 Å². The van der Waals surface area contributed by atoms with Crippen molar-refractivity contribution in [1.82, 2.24) is 4.98 Å². The summed E-state index contributed by atoms with van der Waals surface area (Å²) in [5, 5.41) is 3.12. The number of carbonyl (C=O) groups excluding carboxylic acids is 1. The minimum absolute atomic E-state index is 0.489. The smallest absolute Gasteiger partial charge is 0.261 e. The van der Waals surface area contributed by atoms with Crippen LogP contribution in [0.5, 0.6) is 0 Å². The number of nitrogens with zero attached hydrogens (tertiary/aromatic N) is 1. The van der Waals surface area contributed by atoms with Crippen LogP contribution in [0.2, 0.25) is 0 Å². The van der Waals surface area contributed by atoms with E-state index in [9.17, 15) is 13.6 Å². The van der Waals surface area contributed by atoms with Gasteiger partial charge in [0.2, 0.25) is 0 Å². The number of nitrogens with two attached hydrogens (primary N) is 1. The number of anilines is 2. The van der Waals surface area contributed by atoms with Gasteiger partial charge in [0, 0.05) is 16.1 Å². The maximum absolute atomic E-state index is 13.8. The second kappa shape index (κ2) is 6.49. The molecule has 0 atom stereocenters. The van der Waals surface area contributed by atoms with Crippen LogP contribution in [0.4, 0.5) is 19.6 Å². The molecule has 0 aliphatic heterocycles. The zero-order valence-electron chi connectivity index (χ0n) is 13.7. The molecule has 4 nitrogen and oxygen atoms in total. The molecule has 0 saturated heterocycles. The number of benzene rings is 2. The van der Waals surface area contributed by atoms with Gasteiger partial charge < -0.3 is 11.1 Å². The normalized spacial score (nSPS) is 12.8. The summed E-state index contributed by atoms with van der Waals surface area (Å²) in [6.07, 6.45) is 2.68. The lowest BCUT2D eigenvalue weighted by Gasteiger charge is -2.11. The Morgan fingerprint density at radius 2 is 1.92 bits per heavy atom. The predicted octanol–water partition coefficient (Wildman–Crippen LogP) is 4.41. The van der Waals surface area contributed by atoms with Gasteiger partial charge >= 0.3 is 0 Å². The SMILES string of the molecule is Nc1nc2c(s1)CCCc1cc(NC(=O)c3c(F)cccc3F)ccc1-2. The monoisotopic (exact) mass is 371 g/mol. The van der Waals surface area contributed by atoms with E-state index in [1.54, 1.807) is 6.07 Å².